The van der Waals surface area contributed by atoms with Crippen LogP contribution in [0.5, 0.6) is 0 Å². The number of rotatable bonds is 3. The van der Waals surface area contributed by atoms with E-state index >= 15 is 0 Å². The van der Waals surface area contributed by atoms with Crippen LogP contribution in [0.2, 0.25) is 0 Å². The van der Waals surface area contributed by atoms with Crippen LogP contribution in [0.4, 0.5) is 0 Å². The summed E-state index contributed by atoms with van der Waals surface area (Å²) in [4.78, 5) is 11.3. The quantitative estimate of drug-likeness (QED) is 0.462. The smallest absolute Gasteiger partial charge is 0.312 e. The molecule has 3 saturated heterocycles. The fraction of sp³-hybridized carbons (Fsp3) is 0.889. The molecule has 3 rings (SSSR count). The molecule has 0 spiro atoms. The van der Waals surface area contributed by atoms with Crippen LogP contribution in [-0.4, -0.2) is 44.3 Å². The van der Waals surface area contributed by atoms with Gasteiger partial charge in [-0.25, -0.2) is 0 Å². The SMILES string of the molecule is COCOC1C2CC3C(=O)OC1C3O2. The molecule has 0 aromatic carbocycles. The third kappa shape index (κ3) is 0.973. The topological polar surface area (TPSA) is 54.0 Å². The Morgan fingerprint density at radius 1 is 1.50 bits per heavy atom. The van der Waals surface area contributed by atoms with E-state index in [4.69, 9.17) is 18.9 Å². The summed E-state index contributed by atoms with van der Waals surface area (Å²) in [6, 6.07) is 0. The number of esters is 1. The second-order valence-electron chi connectivity index (χ2n) is 3.92. The van der Waals surface area contributed by atoms with Gasteiger partial charge >= 0.3 is 5.97 Å². The number of hydrogen-bond donors (Lipinski definition) is 0. The van der Waals surface area contributed by atoms with Gasteiger partial charge in [0, 0.05) is 7.11 Å². The minimum Gasteiger partial charge on any atom is -0.456 e. The van der Waals surface area contributed by atoms with Gasteiger partial charge in [-0.05, 0) is 6.42 Å². The lowest BCUT2D eigenvalue weighted by molar-refractivity contribution is -0.151. The summed E-state index contributed by atoms with van der Waals surface area (Å²) in [5, 5.41) is 0. The fourth-order valence-electron chi connectivity index (χ4n) is 2.59. The minimum absolute atomic E-state index is 0.0107. The first-order chi connectivity index (χ1) is 6.81. The lowest BCUT2D eigenvalue weighted by Crippen LogP contribution is -2.39. The summed E-state index contributed by atoms with van der Waals surface area (Å²) in [5.41, 5.74) is 0. The Morgan fingerprint density at radius 2 is 2.36 bits per heavy atom. The van der Waals surface area contributed by atoms with Crippen molar-refractivity contribution in [3.8, 4) is 0 Å². The van der Waals surface area contributed by atoms with E-state index < -0.39 is 0 Å². The lowest BCUT2D eigenvalue weighted by atomic mass is 9.88. The highest BCUT2D eigenvalue weighted by molar-refractivity contribution is 5.77. The van der Waals surface area contributed by atoms with Crippen LogP contribution >= 0.6 is 0 Å². The Morgan fingerprint density at radius 3 is 3.14 bits per heavy atom. The monoisotopic (exact) mass is 200 g/mol. The maximum atomic E-state index is 11.3. The van der Waals surface area contributed by atoms with Crippen molar-refractivity contribution in [1.29, 1.82) is 0 Å². The molecule has 0 aromatic heterocycles. The highest BCUT2D eigenvalue weighted by Gasteiger charge is 2.64. The maximum Gasteiger partial charge on any atom is 0.312 e. The largest absolute Gasteiger partial charge is 0.456 e. The third-order valence-electron chi connectivity index (χ3n) is 3.16. The second kappa shape index (κ2) is 2.92. The molecule has 0 N–H and O–H groups in total. The molecular formula is C9H12O5. The van der Waals surface area contributed by atoms with Gasteiger partial charge in [0.2, 0.25) is 0 Å². The Kier molecular flexibility index (Phi) is 1.80. The molecule has 0 amide bonds. The van der Waals surface area contributed by atoms with Crippen molar-refractivity contribution in [2.45, 2.75) is 30.8 Å². The zero-order chi connectivity index (χ0) is 9.71. The molecule has 0 aromatic rings. The van der Waals surface area contributed by atoms with Gasteiger partial charge in [0.15, 0.2) is 6.10 Å². The first-order valence-corrected chi connectivity index (χ1v) is 4.78. The van der Waals surface area contributed by atoms with E-state index in [0.29, 0.717) is 0 Å². The first-order valence-electron chi connectivity index (χ1n) is 4.78. The summed E-state index contributed by atoms with van der Waals surface area (Å²) in [6.07, 6.45) is 0.323. The predicted octanol–water partition coefficient (Wildman–Crippen LogP) is -0.312. The van der Waals surface area contributed by atoms with Crippen molar-refractivity contribution >= 4 is 5.97 Å². The van der Waals surface area contributed by atoms with E-state index in [-0.39, 0.29) is 43.1 Å². The van der Waals surface area contributed by atoms with Crippen molar-refractivity contribution in [3.63, 3.8) is 0 Å². The summed E-state index contributed by atoms with van der Waals surface area (Å²) < 4.78 is 21.1. The Bertz CT molecular complexity index is 266. The summed E-state index contributed by atoms with van der Waals surface area (Å²) in [5.74, 6) is -0.182. The van der Waals surface area contributed by atoms with Gasteiger partial charge in [-0.3, -0.25) is 4.79 Å². The molecule has 3 aliphatic rings. The Labute approximate surface area is 81.3 Å². The van der Waals surface area contributed by atoms with Crippen LogP contribution in [0.15, 0.2) is 0 Å². The molecule has 0 saturated carbocycles. The molecule has 5 heteroatoms. The third-order valence-corrected chi connectivity index (χ3v) is 3.16. The molecule has 3 heterocycles. The van der Waals surface area contributed by atoms with Gasteiger partial charge in [0.25, 0.3) is 0 Å². The summed E-state index contributed by atoms with van der Waals surface area (Å²) in [7, 11) is 1.57. The van der Waals surface area contributed by atoms with Crippen LogP contribution in [0.25, 0.3) is 0 Å². The standard InChI is InChI=1S/C9H12O5/c1-11-3-12-7-5-2-4-6(13-5)8(7)14-9(4)10/h4-8H,2-3H2,1H3. The fourth-order valence-corrected chi connectivity index (χ4v) is 2.59. The molecule has 0 aliphatic carbocycles. The number of fused-ring (bicyclic) bond motifs is 1. The number of carbonyl (C=O) groups excluding carboxylic acids is 1. The van der Waals surface area contributed by atoms with Gasteiger partial charge in [-0.2, -0.15) is 0 Å². The normalized spacial score (nSPS) is 48.6. The van der Waals surface area contributed by atoms with Crippen molar-refractivity contribution in [2.24, 2.45) is 5.92 Å². The molecular weight excluding hydrogens is 188 g/mol. The molecule has 14 heavy (non-hydrogen) atoms. The zero-order valence-electron chi connectivity index (χ0n) is 7.84. The van der Waals surface area contributed by atoms with Crippen LogP contribution in [0.3, 0.4) is 0 Å². The van der Waals surface area contributed by atoms with E-state index in [0.717, 1.165) is 6.42 Å². The molecule has 5 unspecified atom stereocenters. The molecule has 0 radical (unpaired) electrons. The average molecular weight is 200 g/mol. The second-order valence-corrected chi connectivity index (χ2v) is 3.92. The van der Waals surface area contributed by atoms with Crippen molar-refractivity contribution in [1.82, 2.24) is 0 Å². The van der Waals surface area contributed by atoms with E-state index in [1.165, 1.54) is 0 Å². The Balaban J connectivity index is 1.75. The lowest BCUT2D eigenvalue weighted by Gasteiger charge is -2.21. The van der Waals surface area contributed by atoms with Gasteiger partial charge < -0.3 is 18.9 Å². The molecule has 5 atom stereocenters. The zero-order valence-corrected chi connectivity index (χ0v) is 7.84. The average Bonchev–Trinajstić information content (AvgIpc) is 2.76. The van der Waals surface area contributed by atoms with Crippen LogP contribution in [-0.2, 0) is 23.7 Å². The highest BCUT2D eigenvalue weighted by atomic mass is 16.7. The van der Waals surface area contributed by atoms with Gasteiger partial charge in [-0.15, -0.1) is 0 Å². The number of hydrogen-bond acceptors (Lipinski definition) is 5. The van der Waals surface area contributed by atoms with Crippen LogP contribution in [0, 0.1) is 5.92 Å². The van der Waals surface area contributed by atoms with Gasteiger partial charge in [-0.1, -0.05) is 0 Å². The minimum atomic E-state index is -0.207. The molecule has 3 aliphatic heterocycles. The van der Waals surface area contributed by atoms with Crippen molar-refractivity contribution in [3.05, 3.63) is 0 Å². The predicted molar refractivity (Wildman–Crippen MR) is 43.4 cm³/mol. The molecule has 78 valence electrons. The summed E-state index contributed by atoms with van der Waals surface area (Å²) >= 11 is 0. The van der Waals surface area contributed by atoms with Crippen molar-refractivity contribution < 1.29 is 23.7 Å². The number of ether oxygens (including phenoxy) is 4. The Hall–Kier alpha value is -0.650. The van der Waals surface area contributed by atoms with Gasteiger partial charge in [0.05, 0.1) is 12.0 Å². The number of carbonyl (C=O) groups is 1. The molecule has 3 fully saturated rings. The van der Waals surface area contributed by atoms with Crippen LogP contribution in [0.1, 0.15) is 6.42 Å². The van der Waals surface area contributed by atoms with E-state index in [2.05, 4.69) is 0 Å². The van der Waals surface area contributed by atoms with Crippen LogP contribution < -0.4 is 0 Å². The molecule has 2 bridgehead atoms. The highest BCUT2D eigenvalue weighted by Crippen LogP contribution is 2.47. The van der Waals surface area contributed by atoms with E-state index in [1.54, 1.807) is 7.11 Å². The summed E-state index contributed by atoms with van der Waals surface area (Å²) in [6.45, 7) is 0.218. The van der Waals surface area contributed by atoms with E-state index in [1.807, 2.05) is 0 Å². The molecule has 5 nitrogen and oxygen atoms in total. The first kappa shape index (κ1) is 8.64. The van der Waals surface area contributed by atoms with Gasteiger partial charge in [0.1, 0.15) is 19.0 Å². The van der Waals surface area contributed by atoms with Crippen molar-refractivity contribution in [2.75, 3.05) is 13.9 Å². The number of methoxy groups -OCH3 is 1. The maximum absolute atomic E-state index is 11.3. The van der Waals surface area contributed by atoms with E-state index in [9.17, 15) is 4.79 Å².